The summed E-state index contributed by atoms with van der Waals surface area (Å²) in [4.78, 5) is 38.7. The molecule has 0 spiro atoms. The smallest absolute Gasteiger partial charge is 0.336 e. The van der Waals surface area contributed by atoms with E-state index in [4.69, 9.17) is 16.6 Å². The Morgan fingerprint density at radius 3 is 2.67 bits per heavy atom. The summed E-state index contributed by atoms with van der Waals surface area (Å²) in [6, 6.07) is 16.5. The number of nitrogens with one attached hydrogen (secondary N) is 1. The van der Waals surface area contributed by atoms with Crippen LogP contribution in [0.15, 0.2) is 74.8 Å². The van der Waals surface area contributed by atoms with Gasteiger partial charge in [-0.2, -0.15) is 0 Å². The second-order valence-corrected chi connectivity index (χ2v) is 8.31. The highest BCUT2D eigenvalue weighted by Crippen LogP contribution is 2.34. The number of thiocarbonyl (C=S) groups is 1. The van der Waals surface area contributed by atoms with Crippen LogP contribution in [-0.4, -0.2) is 27.1 Å². The molecular formula is C22H16N2O4S2. The van der Waals surface area contributed by atoms with Crippen LogP contribution in [-0.2, 0) is 9.59 Å². The lowest BCUT2D eigenvalue weighted by Gasteiger charge is -2.22. The molecule has 2 amide bonds. The quantitative estimate of drug-likeness (QED) is 0.378. The highest BCUT2D eigenvalue weighted by Gasteiger charge is 2.38. The monoisotopic (exact) mass is 436 g/mol. The molecule has 150 valence electrons. The SMILES string of the molecule is C[C@@H](C(=O)Nc1ccc2oc(=O)ccc2c1)N1C(=O)/C(=C\c2ccccc2)SC1=S. The molecule has 0 radical (unpaired) electrons. The van der Waals surface area contributed by atoms with Crippen molar-refractivity contribution < 1.29 is 14.0 Å². The minimum absolute atomic E-state index is 0.295. The van der Waals surface area contributed by atoms with Crippen LogP contribution >= 0.6 is 24.0 Å². The number of amides is 2. The van der Waals surface area contributed by atoms with E-state index in [0.29, 0.717) is 25.9 Å². The number of benzene rings is 2. The van der Waals surface area contributed by atoms with Crippen LogP contribution in [0, 0.1) is 0 Å². The molecule has 8 heteroatoms. The highest BCUT2D eigenvalue weighted by atomic mass is 32.2. The van der Waals surface area contributed by atoms with E-state index in [-0.39, 0.29) is 11.8 Å². The molecule has 4 rings (SSSR count). The van der Waals surface area contributed by atoms with Crippen LogP contribution < -0.4 is 10.9 Å². The fourth-order valence-electron chi connectivity index (χ4n) is 3.03. The molecule has 0 aliphatic carbocycles. The lowest BCUT2D eigenvalue weighted by molar-refractivity contribution is -0.129. The Labute approximate surface area is 181 Å². The first-order valence-electron chi connectivity index (χ1n) is 9.09. The maximum absolute atomic E-state index is 12.9. The van der Waals surface area contributed by atoms with Crippen LogP contribution in [0.2, 0.25) is 0 Å². The molecule has 0 bridgehead atoms. The summed E-state index contributed by atoms with van der Waals surface area (Å²) in [5, 5.41) is 3.47. The summed E-state index contributed by atoms with van der Waals surface area (Å²) in [7, 11) is 0. The van der Waals surface area contributed by atoms with Gasteiger partial charge in [0.1, 0.15) is 15.9 Å². The minimum atomic E-state index is -0.788. The van der Waals surface area contributed by atoms with Crippen molar-refractivity contribution in [1.29, 1.82) is 0 Å². The van der Waals surface area contributed by atoms with Crippen molar-refractivity contribution in [2.24, 2.45) is 0 Å². The molecule has 1 fully saturated rings. The molecule has 2 aromatic carbocycles. The largest absolute Gasteiger partial charge is 0.423 e. The molecule has 0 saturated carbocycles. The molecule has 30 heavy (non-hydrogen) atoms. The minimum Gasteiger partial charge on any atom is -0.423 e. The predicted octanol–water partition coefficient (Wildman–Crippen LogP) is 4.02. The van der Waals surface area contributed by atoms with Crippen LogP contribution in [0.4, 0.5) is 5.69 Å². The number of thioether (sulfide) groups is 1. The van der Waals surface area contributed by atoms with Gasteiger partial charge in [0, 0.05) is 17.1 Å². The van der Waals surface area contributed by atoms with Crippen LogP contribution in [0.1, 0.15) is 12.5 Å². The zero-order chi connectivity index (χ0) is 21.3. The second-order valence-electron chi connectivity index (χ2n) is 6.63. The number of hydrogen-bond donors (Lipinski definition) is 1. The lowest BCUT2D eigenvalue weighted by atomic mass is 10.2. The molecule has 1 saturated heterocycles. The molecule has 3 aromatic rings. The Bertz CT molecular complexity index is 1250. The fraction of sp³-hybridized carbons (Fsp3) is 0.0909. The van der Waals surface area contributed by atoms with E-state index < -0.39 is 11.7 Å². The highest BCUT2D eigenvalue weighted by molar-refractivity contribution is 8.26. The van der Waals surface area contributed by atoms with Gasteiger partial charge >= 0.3 is 5.63 Å². The van der Waals surface area contributed by atoms with Crippen molar-refractivity contribution in [3.63, 3.8) is 0 Å². The molecule has 2 heterocycles. The summed E-state index contributed by atoms with van der Waals surface area (Å²) >= 11 is 6.53. The number of rotatable bonds is 4. The second kappa shape index (κ2) is 8.25. The van der Waals surface area contributed by atoms with E-state index in [1.165, 1.54) is 22.7 Å². The normalized spacial score (nSPS) is 16.3. The van der Waals surface area contributed by atoms with Crippen LogP contribution in [0.5, 0.6) is 0 Å². The number of anilines is 1. The average Bonchev–Trinajstić information content (AvgIpc) is 3.01. The van der Waals surface area contributed by atoms with E-state index in [9.17, 15) is 14.4 Å². The molecular weight excluding hydrogens is 420 g/mol. The van der Waals surface area contributed by atoms with Gasteiger partial charge in [0.2, 0.25) is 5.91 Å². The lowest BCUT2D eigenvalue weighted by Crippen LogP contribution is -2.44. The van der Waals surface area contributed by atoms with Gasteiger partial charge in [0.15, 0.2) is 0 Å². The third kappa shape index (κ3) is 4.05. The van der Waals surface area contributed by atoms with Gasteiger partial charge < -0.3 is 9.73 Å². The summed E-state index contributed by atoms with van der Waals surface area (Å²) in [6.45, 7) is 1.63. The maximum atomic E-state index is 12.9. The Kier molecular flexibility index (Phi) is 5.52. The van der Waals surface area contributed by atoms with E-state index in [1.54, 1.807) is 37.3 Å². The third-order valence-corrected chi connectivity index (χ3v) is 5.90. The van der Waals surface area contributed by atoms with Crippen molar-refractivity contribution in [3.05, 3.63) is 81.6 Å². The predicted molar refractivity (Wildman–Crippen MR) is 122 cm³/mol. The van der Waals surface area contributed by atoms with E-state index in [0.717, 1.165) is 5.56 Å². The number of carbonyl (C=O) groups is 2. The molecule has 0 unspecified atom stereocenters. The van der Waals surface area contributed by atoms with E-state index in [2.05, 4.69) is 5.32 Å². The maximum Gasteiger partial charge on any atom is 0.336 e. The first kappa shape index (κ1) is 20.1. The zero-order valence-corrected chi connectivity index (χ0v) is 17.5. The van der Waals surface area contributed by atoms with Crippen molar-refractivity contribution in [3.8, 4) is 0 Å². The van der Waals surface area contributed by atoms with Gasteiger partial charge in [0.25, 0.3) is 5.91 Å². The van der Waals surface area contributed by atoms with Crippen LogP contribution in [0.25, 0.3) is 17.0 Å². The van der Waals surface area contributed by atoms with Crippen molar-refractivity contribution >= 4 is 62.8 Å². The van der Waals surface area contributed by atoms with Gasteiger partial charge in [-0.05, 0) is 42.8 Å². The van der Waals surface area contributed by atoms with E-state index in [1.807, 2.05) is 30.3 Å². The molecule has 6 nitrogen and oxygen atoms in total. The molecule has 1 aliphatic heterocycles. The van der Waals surface area contributed by atoms with E-state index >= 15 is 0 Å². The molecule has 1 N–H and O–H groups in total. The van der Waals surface area contributed by atoms with Crippen molar-refractivity contribution in [2.45, 2.75) is 13.0 Å². The Morgan fingerprint density at radius 1 is 1.13 bits per heavy atom. The summed E-state index contributed by atoms with van der Waals surface area (Å²) in [5.41, 5.74) is 1.40. The fourth-order valence-corrected chi connectivity index (χ4v) is 4.45. The first-order chi connectivity index (χ1) is 14.4. The molecule has 1 aromatic heterocycles. The molecule has 1 atom stereocenters. The number of carbonyl (C=O) groups excluding carboxylic acids is 2. The Hall–Kier alpha value is -3.23. The van der Waals surface area contributed by atoms with Crippen LogP contribution in [0.3, 0.4) is 0 Å². The van der Waals surface area contributed by atoms with Gasteiger partial charge in [-0.1, -0.05) is 54.3 Å². The van der Waals surface area contributed by atoms with Crippen molar-refractivity contribution in [1.82, 2.24) is 4.90 Å². The summed E-state index contributed by atoms with van der Waals surface area (Å²) < 4.78 is 5.43. The topological polar surface area (TPSA) is 79.6 Å². The average molecular weight is 437 g/mol. The molecule has 1 aliphatic rings. The standard InChI is InChI=1S/C22H16N2O4S2/c1-13(20(26)23-16-8-9-17-15(12-16)7-10-19(25)28-17)24-21(27)18(30-22(24)29)11-14-5-3-2-4-6-14/h2-13H,1H3,(H,23,26)/b18-11+/t13-/m0/s1. The number of fused-ring (bicyclic) bond motifs is 1. The van der Waals surface area contributed by atoms with Gasteiger partial charge in [-0.3, -0.25) is 14.5 Å². The van der Waals surface area contributed by atoms with Gasteiger partial charge in [-0.15, -0.1) is 0 Å². The summed E-state index contributed by atoms with van der Waals surface area (Å²) in [6.07, 6.45) is 1.76. The van der Waals surface area contributed by atoms with Gasteiger partial charge in [0.05, 0.1) is 4.91 Å². The Morgan fingerprint density at radius 2 is 1.90 bits per heavy atom. The number of hydrogen-bond acceptors (Lipinski definition) is 6. The summed E-state index contributed by atoms with van der Waals surface area (Å²) in [5.74, 6) is -0.666. The number of nitrogens with zero attached hydrogens (tertiary/aromatic N) is 1. The first-order valence-corrected chi connectivity index (χ1v) is 10.3. The van der Waals surface area contributed by atoms with Gasteiger partial charge in [-0.25, -0.2) is 4.79 Å². The zero-order valence-electron chi connectivity index (χ0n) is 15.8. The third-order valence-electron chi connectivity index (χ3n) is 4.57. The Balaban J connectivity index is 1.51. The van der Waals surface area contributed by atoms with Crippen molar-refractivity contribution in [2.75, 3.05) is 5.32 Å².